The summed E-state index contributed by atoms with van der Waals surface area (Å²) in [6, 6.07) is 8.50. The summed E-state index contributed by atoms with van der Waals surface area (Å²) in [4.78, 5) is 42.8. The van der Waals surface area contributed by atoms with Gasteiger partial charge in [-0.2, -0.15) is 9.97 Å². The molecule has 2 aliphatic heterocycles. The van der Waals surface area contributed by atoms with Gasteiger partial charge >= 0.3 is 0 Å². The van der Waals surface area contributed by atoms with Crippen molar-refractivity contribution in [1.29, 1.82) is 0 Å². The van der Waals surface area contributed by atoms with E-state index in [2.05, 4.69) is 20.3 Å². The molecule has 2 saturated heterocycles. The fourth-order valence-corrected chi connectivity index (χ4v) is 4.53. The lowest BCUT2D eigenvalue weighted by Crippen LogP contribution is -2.57. The van der Waals surface area contributed by atoms with Gasteiger partial charge in [0.2, 0.25) is 17.8 Å². The maximum absolute atomic E-state index is 14.0. The first-order chi connectivity index (χ1) is 18.3. The lowest BCUT2D eigenvalue weighted by Gasteiger charge is -2.40. The van der Waals surface area contributed by atoms with E-state index in [0.29, 0.717) is 62.2 Å². The Kier molecular flexibility index (Phi) is 7.36. The van der Waals surface area contributed by atoms with E-state index in [9.17, 15) is 18.4 Å². The van der Waals surface area contributed by atoms with Crippen molar-refractivity contribution in [2.75, 3.05) is 63.7 Å². The Bertz CT molecular complexity index is 1320. The topological polar surface area (TPSA) is 109 Å². The maximum atomic E-state index is 14.0. The normalized spacial score (nSPS) is 16.1. The minimum atomic E-state index is -2.80. The van der Waals surface area contributed by atoms with Crippen LogP contribution in [0, 0.1) is 0 Å². The lowest BCUT2D eigenvalue weighted by molar-refractivity contribution is -0.138. The zero-order valence-electron chi connectivity index (χ0n) is 21.3. The van der Waals surface area contributed by atoms with Gasteiger partial charge in [-0.3, -0.25) is 14.2 Å². The first-order valence-corrected chi connectivity index (χ1v) is 12.5. The van der Waals surface area contributed by atoms with E-state index in [1.807, 2.05) is 4.90 Å². The molecule has 1 N–H and O–H groups in total. The Morgan fingerprint density at radius 2 is 1.84 bits per heavy atom. The number of benzene rings is 1. The van der Waals surface area contributed by atoms with Crippen LogP contribution in [0.15, 0.2) is 30.3 Å². The molecule has 0 spiro atoms. The molecular formula is C25H30F2N8O3. The van der Waals surface area contributed by atoms with E-state index in [1.54, 1.807) is 49.3 Å². The number of anilines is 2. The summed E-state index contributed by atoms with van der Waals surface area (Å²) in [7, 11) is 3.32. The highest BCUT2D eigenvalue weighted by Crippen LogP contribution is 2.29. The van der Waals surface area contributed by atoms with Gasteiger partial charge in [0.15, 0.2) is 5.82 Å². The molecule has 2 amide bonds. The van der Waals surface area contributed by atoms with Crippen molar-refractivity contribution in [2.24, 2.45) is 0 Å². The number of morpholine rings is 1. The van der Waals surface area contributed by atoms with Crippen molar-refractivity contribution in [2.45, 2.75) is 25.3 Å². The molecule has 11 nitrogen and oxygen atoms in total. The van der Waals surface area contributed by atoms with Crippen LogP contribution >= 0.6 is 0 Å². The third-order valence-corrected chi connectivity index (χ3v) is 6.64. The van der Waals surface area contributed by atoms with Gasteiger partial charge in [-0.15, -0.1) is 0 Å². The number of ether oxygens (including phenoxy) is 1. The molecule has 202 valence electrons. The zero-order valence-corrected chi connectivity index (χ0v) is 21.3. The summed E-state index contributed by atoms with van der Waals surface area (Å²) in [6.07, 6.45) is -2.47. The van der Waals surface area contributed by atoms with Crippen LogP contribution in [0.2, 0.25) is 0 Å². The average molecular weight is 529 g/mol. The van der Waals surface area contributed by atoms with Crippen LogP contribution in [-0.2, 0) is 14.3 Å². The predicted octanol–water partition coefficient (Wildman–Crippen LogP) is 2.08. The largest absolute Gasteiger partial charge is 0.378 e. The number of likely N-dealkylation sites (tertiary alicyclic amines) is 1. The number of rotatable bonds is 8. The number of alkyl halides is 2. The molecule has 4 heterocycles. The highest BCUT2D eigenvalue weighted by molar-refractivity contribution is 5.84. The molecule has 0 radical (unpaired) electrons. The lowest BCUT2D eigenvalue weighted by atomic mass is 10.1. The first-order valence-electron chi connectivity index (χ1n) is 12.5. The van der Waals surface area contributed by atoms with E-state index in [1.165, 1.54) is 9.47 Å². The number of carbonyl (C=O) groups is 2. The van der Waals surface area contributed by atoms with Gasteiger partial charge in [-0.1, -0.05) is 12.1 Å². The molecule has 2 aliphatic rings. The van der Waals surface area contributed by atoms with Crippen LogP contribution in [0.3, 0.4) is 0 Å². The third-order valence-electron chi connectivity index (χ3n) is 6.64. The van der Waals surface area contributed by atoms with Crippen LogP contribution in [0.1, 0.15) is 25.1 Å². The van der Waals surface area contributed by atoms with Gasteiger partial charge in [0.25, 0.3) is 6.43 Å². The number of nitrogens with one attached hydrogen (secondary N) is 1. The summed E-state index contributed by atoms with van der Waals surface area (Å²) in [6.45, 7) is 3.10. The van der Waals surface area contributed by atoms with Gasteiger partial charge < -0.3 is 24.8 Å². The molecule has 2 aromatic heterocycles. The number of fused-ring (bicyclic) bond motifs is 1. The van der Waals surface area contributed by atoms with Gasteiger partial charge in [-0.05, 0) is 12.1 Å². The quantitative estimate of drug-likeness (QED) is 0.474. The summed E-state index contributed by atoms with van der Waals surface area (Å²) >= 11 is 0. The Hall–Kier alpha value is -3.87. The third kappa shape index (κ3) is 5.37. The molecular weight excluding hydrogens is 498 g/mol. The number of nitrogens with zero attached hydrogens (tertiary/aromatic N) is 7. The van der Waals surface area contributed by atoms with Crippen molar-refractivity contribution < 1.29 is 23.1 Å². The Morgan fingerprint density at radius 1 is 1.11 bits per heavy atom. The number of amides is 2. The van der Waals surface area contributed by atoms with Crippen LogP contribution in [-0.4, -0.2) is 101 Å². The molecule has 5 rings (SSSR count). The number of para-hydroxylation sites is 2. The average Bonchev–Trinajstić information content (AvgIpc) is 3.29. The minimum absolute atomic E-state index is 0.0714. The standard InChI is InChI=1S/C25H30F2N8O3/c1-32(2)21(36)7-8-22(37)34-14-16(15-34)28-19-13-20(31-25(30-19)33-9-11-38-12-10-33)35-18-6-4-3-5-17(18)29-24(35)23(26)27/h3-6,13,16,23H,7-12,14-15H2,1-2H3,(H,28,30,31). The van der Waals surface area contributed by atoms with Crippen molar-refractivity contribution in [3.8, 4) is 5.82 Å². The molecule has 0 bridgehead atoms. The number of carbonyl (C=O) groups excluding carboxylic acids is 2. The van der Waals surface area contributed by atoms with E-state index >= 15 is 0 Å². The zero-order chi connectivity index (χ0) is 26.8. The first kappa shape index (κ1) is 25.8. The molecule has 38 heavy (non-hydrogen) atoms. The van der Waals surface area contributed by atoms with Crippen molar-refractivity contribution in [1.82, 2.24) is 29.3 Å². The summed E-state index contributed by atoms with van der Waals surface area (Å²) in [5.41, 5.74) is 0.970. The van der Waals surface area contributed by atoms with Gasteiger partial charge in [0.05, 0.1) is 30.3 Å². The van der Waals surface area contributed by atoms with Crippen LogP contribution in [0.5, 0.6) is 0 Å². The Morgan fingerprint density at radius 3 is 2.55 bits per heavy atom. The van der Waals surface area contributed by atoms with E-state index in [-0.39, 0.29) is 36.5 Å². The number of hydrogen-bond donors (Lipinski definition) is 1. The van der Waals surface area contributed by atoms with Crippen LogP contribution < -0.4 is 10.2 Å². The molecule has 0 aliphatic carbocycles. The van der Waals surface area contributed by atoms with Crippen LogP contribution in [0.4, 0.5) is 20.5 Å². The molecule has 3 aromatic rings. The minimum Gasteiger partial charge on any atom is -0.378 e. The second-order valence-electron chi connectivity index (χ2n) is 9.53. The summed E-state index contributed by atoms with van der Waals surface area (Å²) in [5, 5.41) is 3.33. The predicted molar refractivity (Wildman–Crippen MR) is 137 cm³/mol. The molecule has 0 atom stereocenters. The van der Waals surface area contributed by atoms with Gasteiger partial charge in [0.1, 0.15) is 11.6 Å². The molecule has 13 heteroatoms. The molecule has 2 fully saturated rings. The number of hydrogen-bond acceptors (Lipinski definition) is 8. The monoisotopic (exact) mass is 528 g/mol. The highest BCUT2D eigenvalue weighted by Gasteiger charge is 2.31. The summed E-state index contributed by atoms with van der Waals surface area (Å²) in [5.74, 6) is 0.587. The SMILES string of the molecule is CN(C)C(=O)CCC(=O)N1CC(Nc2cc(-n3c(C(F)F)nc4ccccc43)nc(N3CCOCC3)n2)C1. The fraction of sp³-hybridized carbons (Fsp3) is 0.480. The molecule has 1 aromatic carbocycles. The molecule has 0 saturated carbocycles. The number of halogens is 2. The second kappa shape index (κ2) is 10.9. The smallest absolute Gasteiger partial charge is 0.296 e. The Labute approximate surface area is 218 Å². The van der Waals surface area contributed by atoms with Gasteiger partial charge in [-0.25, -0.2) is 13.8 Å². The van der Waals surface area contributed by atoms with Crippen LogP contribution in [0.25, 0.3) is 16.9 Å². The van der Waals surface area contributed by atoms with E-state index < -0.39 is 12.2 Å². The number of imidazole rings is 1. The van der Waals surface area contributed by atoms with Crippen molar-refractivity contribution in [3.05, 3.63) is 36.2 Å². The van der Waals surface area contributed by atoms with Crippen molar-refractivity contribution in [3.63, 3.8) is 0 Å². The number of aromatic nitrogens is 4. The fourth-order valence-electron chi connectivity index (χ4n) is 4.53. The van der Waals surface area contributed by atoms with Crippen molar-refractivity contribution >= 4 is 34.6 Å². The van der Waals surface area contributed by atoms with Gasteiger partial charge in [0, 0.05) is 59.2 Å². The van der Waals surface area contributed by atoms with E-state index in [0.717, 1.165) is 0 Å². The van der Waals surface area contributed by atoms with E-state index in [4.69, 9.17) is 4.74 Å². The summed E-state index contributed by atoms with van der Waals surface area (Å²) < 4.78 is 34.9. The molecule has 0 unspecified atom stereocenters. The highest BCUT2D eigenvalue weighted by atomic mass is 19.3. The second-order valence-corrected chi connectivity index (χ2v) is 9.53. The Balaban J connectivity index is 1.39. The maximum Gasteiger partial charge on any atom is 0.296 e.